The van der Waals surface area contributed by atoms with Crippen molar-refractivity contribution in [2.24, 2.45) is 0 Å². The zero-order valence-corrected chi connectivity index (χ0v) is 11.7. The Labute approximate surface area is 118 Å². The van der Waals surface area contributed by atoms with Crippen LogP contribution in [0.3, 0.4) is 0 Å². The maximum atomic E-state index is 11.0. The molecule has 0 fully saturated rings. The fourth-order valence-corrected chi connectivity index (χ4v) is 2.16. The van der Waals surface area contributed by atoms with Gasteiger partial charge in [0.05, 0.1) is 4.92 Å². The molecule has 0 aliphatic rings. The summed E-state index contributed by atoms with van der Waals surface area (Å²) < 4.78 is 0. The molecule has 0 aromatic heterocycles. The highest BCUT2D eigenvalue weighted by Crippen LogP contribution is 2.19. The number of nitro benzene ring substituents is 1. The maximum Gasteiger partial charge on any atom is 0.273 e. The molecule has 0 saturated carbocycles. The molecule has 20 heavy (non-hydrogen) atoms. The van der Waals surface area contributed by atoms with Crippen molar-refractivity contribution in [3.8, 4) is 0 Å². The molecule has 2 aromatic rings. The SMILES string of the molecule is Cc1cccc([C@@H](C)NCc2ccccc2[N+](=O)[O-])c1. The monoisotopic (exact) mass is 270 g/mol. The van der Waals surface area contributed by atoms with E-state index >= 15 is 0 Å². The minimum Gasteiger partial charge on any atom is -0.306 e. The van der Waals surface area contributed by atoms with Gasteiger partial charge in [-0.1, -0.05) is 48.0 Å². The molecule has 2 aromatic carbocycles. The van der Waals surface area contributed by atoms with Crippen LogP contribution in [0.1, 0.15) is 29.7 Å². The second kappa shape index (κ2) is 6.30. The van der Waals surface area contributed by atoms with Gasteiger partial charge in [0.15, 0.2) is 0 Å². The van der Waals surface area contributed by atoms with Gasteiger partial charge in [-0.15, -0.1) is 0 Å². The van der Waals surface area contributed by atoms with Gasteiger partial charge in [0, 0.05) is 24.2 Å². The van der Waals surface area contributed by atoms with Gasteiger partial charge >= 0.3 is 0 Å². The van der Waals surface area contributed by atoms with Crippen molar-refractivity contribution < 1.29 is 4.92 Å². The number of benzene rings is 2. The Morgan fingerprint density at radius 1 is 1.20 bits per heavy atom. The van der Waals surface area contributed by atoms with Crippen LogP contribution in [-0.2, 0) is 6.54 Å². The minimum atomic E-state index is -0.339. The third-order valence-corrected chi connectivity index (χ3v) is 3.33. The lowest BCUT2D eigenvalue weighted by atomic mass is 10.1. The van der Waals surface area contributed by atoms with Gasteiger partial charge in [-0.3, -0.25) is 10.1 Å². The summed E-state index contributed by atoms with van der Waals surface area (Å²) in [5, 5.41) is 14.3. The highest BCUT2D eigenvalue weighted by atomic mass is 16.6. The van der Waals surface area contributed by atoms with Gasteiger partial charge in [-0.2, -0.15) is 0 Å². The number of nitrogens with one attached hydrogen (secondary N) is 1. The van der Waals surface area contributed by atoms with Gasteiger partial charge in [0.25, 0.3) is 5.69 Å². The molecule has 1 N–H and O–H groups in total. The predicted molar refractivity (Wildman–Crippen MR) is 79.5 cm³/mol. The Balaban J connectivity index is 2.07. The molecule has 0 saturated heterocycles. The smallest absolute Gasteiger partial charge is 0.273 e. The number of para-hydroxylation sites is 1. The van der Waals surface area contributed by atoms with E-state index in [0.29, 0.717) is 12.1 Å². The molecule has 104 valence electrons. The van der Waals surface area contributed by atoms with E-state index in [1.165, 1.54) is 17.2 Å². The molecular formula is C16H18N2O2. The Hall–Kier alpha value is -2.20. The lowest BCUT2D eigenvalue weighted by Crippen LogP contribution is -2.18. The van der Waals surface area contributed by atoms with E-state index in [2.05, 4.69) is 37.4 Å². The summed E-state index contributed by atoms with van der Waals surface area (Å²) in [4.78, 5) is 10.6. The van der Waals surface area contributed by atoms with Gasteiger partial charge in [0.1, 0.15) is 0 Å². The Morgan fingerprint density at radius 2 is 1.95 bits per heavy atom. The van der Waals surface area contributed by atoms with Crippen LogP contribution in [0.2, 0.25) is 0 Å². The lowest BCUT2D eigenvalue weighted by molar-refractivity contribution is -0.385. The van der Waals surface area contributed by atoms with Gasteiger partial charge < -0.3 is 5.32 Å². The van der Waals surface area contributed by atoms with Crippen LogP contribution in [0.15, 0.2) is 48.5 Å². The lowest BCUT2D eigenvalue weighted by Gasteiger charge is -2.15. The summed E-state index contributed by atoms with van der Waals surface area (Å²) in [5.74, 6) is 0. The first-order valence-corrected chi connectivity index (χ1v) is 6.60. The highest BCUT2D eigenvalue weighted by Gasteiger charge is 2.13. The van der Waals surface area contributed by atoms with Crippen LogP contribution in [-0.4, -0.2) is 4.92 Å². The third-order valence-electron chi connectivity index (χ3n) is 3.33. The average Bonchev–Trinajstić information content (AvgIpc) is 2.45. The van der Waals surface area contributed by atoms with E-state index in [9.17, 15) is 10.1 Å². The Morgan fingerprint density at radius 3 is 2.65 bits per heavy atom. The van der Waals surface area contributed by atoms with Crippen molar-refractivity contribution in [3.05, 3.63) is 75.3 Å². The van der Waals surface area contributed by atoms with Crippen LogP contribution >= 0.6 is 0 Å². The van der Waals surface area contributed by atoms with Crippen LogP contribution in [0.5, 0.6) is 0 Å². The molecule has 0 spiro atoms. The summed E-state index contributed by atoms with van der Waals surface area (Å²) in [6.45, 7) is 4.59. The van der Waals surface area contributed by atoms with Crippen LogP contribution in [0.4, 0.5) is 5.69 Å². The van der Waals surface area contributed by atoms with E-state index in [4.69, 9.17) is 0 Å². The Bertz CT molecular complexity index is 611. The van der Waals surface area contributed by atoms with Crippen molar-refractivity contribution in [2.45, 2.75) is 26.4 Å². The molecule has 0 bridgehead atoms. The molecule has 0 heterocycles. The molecule has 0 amide bonds. The van der Waals surface area contributed by atoms with Crippen LogP contribution in [0, 0.1) is 17.0 Å². The average molecular weight is 270 g/mol. The minimum absolute atomic E-state index is 0.148. The van der Waals surface area contributed by atoms with Crippen molar-refractivity contribution in [1.29, 1.82) is 0 Å². The number of rotatable bonds is 5. The van der Waals surface area contributed by atoms with Crippen LogP contribution < -0.4 is 5.32 Å². The van der Waals surface area contributed by atoms with Crippen molar-refractivity contribution in [3.63, 3.8) is 0 Å². The fraction of sp³-hybridized carbons (Fsp3) is 0.250. The van der Waals surface area contributed by atoms with Crippen molar-refractivity contribution in [1.82, 2.24) is 5.32 Å². The molecule has 0 unspecified atom stereocenters. The zero-order chi connectivity index (χ0) is 14.5. The maximum absolute atomic E-state index is 11.0. The second-order valence-electron chi connectivity index (χ2n) is 4.90. The quantitative estimate of drug-likeness (QED) is 0.665. The molecule has 4 heteroatoms. The molecule has 0 aliphatic heterocycles. The molecule has 0 radical (unpaired) electrons. The summed E-state index contributed by atoms with van der Waals surface area (Å²) in [7, 11) is 0. The summed E-state index contributed by atoms with van der Waals surface area (Å²) in [6, 6.07) is 15.2. The summed E-state index contributed by atoms with van der Waals surface area (Å²) in [5.41, 5.74) is 3.26. The van der Waals surface area contributed by atoms with Gasteiger partial charge in [0.2, 0.25) is 0 Å². The number of nitro groups is 1. The first kappa shape index (κ1) is 14.2. The second-order valence-corrected chi connectivity index (χ2v) is 4.90. The third kappa shape index (κ3) is 3.42. The topological polar surface area (TPSA) is 55.2 Å². The first-order valence-electron chi connectivity index (χ1n) is 6.60. The standard InChI is InChI=1S/C16H18N2O2/c1-12-6-5-8-14(10-12)13(2)17-11-15-7-3-4-9-16(15)18(19)20/h3-10,13,17H,11H2,1-2H3/t13-/m1/s1. The van der Waals surface area contributed by atoms with Crippen molar-refractivity contribution in [2.75, 3.05) is 0 Å². The van der Waals surface area contributed by atoms with Crippen molar-refractivity contribution >= 4 is 5.69 Å². The normalized spacial score (nSPS) is 12.1. The number of nitrogens with zero attached hydrogens (tertiary/aromatic N) is 1. The number of hydrogen-bond donors (Lipinski definition) is 1. The van der Waals surface area contributed by atoms with E-state index in [1.807, 2.05) is 12.1 Å². The molecular weight excluding hydrogens is 252 g/mol. The fourth-order valence-electron chi connectivity index (χ4n) is 2.16. The Kier molecular flexibility index (Phi) is 4.48. The largest absolute Gasteiger partial charge is 0.306 e. The molecule has 2 rings (SSSR count). The summed E-state index contributed by atoms with van der Waals surface area (Å²) >= 11 is 0. The highest BCUT2D eigenvalue weighted by molar-refractivity contribution is 5.39. The van der Waals surface area contributed by atoms with E-state index in [-0.39, 0.29) is 16.7 Å². The predicted octanol–water partition coefficient (Wildman–Crippen LogP) is 3.75. The summed E-state index contributed by atoms with van der Waals surface area (Å²) in [6.07, 6.45) is 0. The number of hydrogen-bond acceptors (Lipinski definition) is 3. The zero-order valence-electron chi connectivity index (χ0n) is 11.7. The van der Waals surface area contributed by atoms with E-state index in [0.717, 1.165) is 0 Å². The molecule has 0 aliphatic carbocycles. The first-order chi connectivity index (χ1) is 9.58. The van der Waals surface area contributed by atoms with E-state index < -0.39 is 0 Å². The van der Waals surface area contributed by atoms with E-state index in [1.54, 1.807) is 12.1 Å². The molecule has 1 atom stereocenters. The number of aryl methyl sites for hydroxylation is 1. The van der Waals surface area contributed by atoms with Gasteiger partial charge in [-0.25, -0.2) is 0 Å². The molecule has 4 nitrogen and oxygen atoms in total. The van der Waals surface area contributed by atoms with Gasteiger partial charge in [-0.05, 0) is 19.4 Å². The van der Waals surface area contributed by atoms with Crippen LogP contribution in [0.25, 0.3) is 0 Å².